The molecule has 2 bridgehead atoms. The highest BCUT2D eigenvalue weighted by molar-refractivity contribution is 5.76. The number of hydrogen-bond acceptors (Lipinski definition) is 7. The van der Waals surface area contributed by atoms with Gasteiger partial charge in [-0.2, -0.15) is 0 Å². The first kappa shape index (κ1) is 32.6. The molecule has 2 aliphatic heterocycles. The number of unbranched alkanes of at least 4 members (excludes halogenated alkanes) is 1. The lowest BCUT2D eigenvalue weighted by Gasteiger charge is -2.41. The zero-order valence-corrected chi connectivity index (χ0v) is 26.4. The summed E-state index contributed by atoms with van der Waals surface area (Å²) >= 11 is 0. The van der Waals surface area contributed by atoms with Crippen LogP contribution in [0.5, 0.6) is 0 Å². The lowest BCUT2D eigenvalue weighted by molar-refractivity contribution is -0.253. The number of carbonyl (C=O) groups excluding carboxylic acids is 2. The van der Waals surface area contributed by atoms with Crippen molar-refractivity contribution in [2.24, 2.45) is 10.8 Å². The molecule has 9 heteroatoms. The second kappa shape index (κ2) is 14.1. The smallest absolute Gasteiger partial charge is 0.243 e. The number of aliphatic hydroxyl groups is 1. The third-order valence-electron chi connectivity index (χ3n) is 9.50. The Morgan fingerprint density at radius 1 is 0.909 bits per heavy atom. The summed E-state index contributed by atoms with van der Waals surface area (Å²) in [6.45, 7) is 9.69. The highest BCUT2D eigenvalue weighted by atomic mass is 16.7. The number of amides is 2. The zero-order valence-electron chi connectivity index (χ0n) is 26.4. The molecule has 0 spiro atoms. The van der Waals surface area contributed by atoms with Crippen LogP contribution in [0.15, 0.2) is 48.5 Å². The average Bonchev–Trinajstić information content (AvgIpc) is 3.25. The van der Waals surface area contributed by atoms with E-state index in [1.165, 1.54) is 19.3 Å². The van der Waals surface area contributed by atoms with Gasteiger partial charge in [0.25, 0.3) is 0 Å². The second-order valence-electron chi connectivity index (χ2n) is 14.3. The molecule has 3 aliphatic rings. The van der Waals surface area contributed by atoms with Crippen molar-refractivity contribution >= 4 is 11.8 Å². The molecule has 4 N–H and O–H groups in total. The van der Waals surface area contributed by atoms with Crippen LogP contribution >= 0.6 is 0 Å². The Morgan fingerprint density at radius 3 is 2.25 bits per heavy atom. The van der Waals surface area contributed by atoms with Gasteiger partial charge in [0, 0.05) is 50.5 Å². The minimum atomic E-state index is -0.509. The molecule has 2 amide bonds. The van der Waals surface area contributed by atoms with Gasteiger partial charge in [-0.15, -0.1) is 0 Å². The van der Waals surface area contributed by atoms with Gasteiger partial charge in [-0.25, -0.2) is 5.48 Å². The minimum Gasteiger partial charge on any atom is -0.392 e. The molecular formula is C35H49N3O6. The van der Waals surface area contributed by atoms with Crippen LogP contribution < -0.4 is 10.8 Å². The molecule has 3 fully saturated rings. The quantitative estimate of drug-likeness (QED) is 0.147. The van der Waals surface area contributed by atoms with Crippen molar-refractivity contribution in [2.75, 3.05) is 13.1 Å². The van der Waals surface area contributed by atoms with E-state index in [9.17, 15) is 14.7 Å². The van der Waals surface area contributed by atoms with Crippen molar-refractivity contribution in [1.82, 2.24) is 15.7 Å². The van der Waals surface area contributed by atoms with Crippen LogP contribution in [-0.2, 0) is 32.2 Å². The van der Waals surface area contributed by atoms with Gasteiger partial charge in [-0.1, -0.05) is 69.3 Å². The maximum absolute atomic E-state index is 12.2. The summed E-state index contributed by atoms with van der Waals surface area (Å²) in [6, 6.07) is 16.6. The lowest BCUT2D eigenvalue weighted by atomic mass is 9.65. The number of ether oxygens (including phenoxy) is 2. The third kappa shape index (κ3) is 8.46. The maximum atomic E-state index is 12.2. The number of fused-ring (bicyclic) bond motifs is 2. The van der Waals surface area contributed by atoms with Crippen LogP contribution in [0.25, 0.3) is 0 Å². The number of carbonyl (C=O) groups is 2. The summed E-state index contributed by atoms with van der Waals surface area (Å²) in [5.41, 5.74) is 6.22. The normalized spacial score (nSPS) is 28.0. The number of hydroxylamine groups is 1. The van der Waals surface area contributed by atoms with Crippen molar-refractivity contribution in [3.05, 3.63) is 70.8 Å². The van der Waals surface area contributed by atoms with E-state index < -0.39 is 12.2 Å². The maximum Gasteiger partial charge on any atom is 0.243 e. The summed E-state index contributed by atoms with van der Waals surface area (Å²) in [7, 11) is 0. The molecule has 2 aromatic rings. The average molecular weight is 608 g/mol. The number of benzene rings is 2. The fraction of sp³-hybridized carbons (Fsp3) is 0.600. The Labute approximate surface area is 261 Å². The fourth-order valence-corrected chi connectivity index (χ4v) is 7.79. The Hall–Kier alpha value is -2.82. The summed E-state index contributed by atoms with van der Waals surface area (Å²) in [4.78, 5) is 26.0. The van der Waals surface area contributed by atoms with E-state index in [1.807, 2.05) is 36.4 Å². The Morgan fingerprint density at radius 2 is 1.57 bits per heavy atom. The Balaban J connectivity index is 1.22. The molecule has 2 unspecified atom stereocenters. The van der Waals surface area contributed by atoms with Crippen molar-refractivity contribution in [2.45, 2.75) is 110 Å². The number of nitrogens with one attached hydrogen (secondary N) is 2. The molecule has 240 valence electrons. The number of aliphatic hydroxyl groups excluding tert-OH is 1. The van der Waals surface area contributed by atoms with Gasteiger partial charge < -0.3 is 19.9 Å². The van der Waals surface area contributed by atoms with Crippen molar-refractivity contribution in [3.63, 3.8) is 0 Å². The van der Waals surface area contributed by atoms with Crippen LogP contribution in [0.1, 0.15) is 107 Å². The zero-order chi connectivity index (χ0) is 31.3. The van der Waals surface area contributed by atoms with Crippen molar-refractivity contribution in [3.8, 4) is 0 Å². The molecule has 9 nitrogen and oxygen atoms in total. The molecule has 1 aliphatic carbocycles. The topological polar surface area (TPSA) is 120 Å². The summed E-state index contributed by atoms with van der Waals surface area (Å²) in [5.74, 6) is -0.510. The van der Waals surface area contributed by atoms with Gasteiger partial charge in [0.15, 0.2) is 6.29 Å². The molecule has 0 radical (unpaired) electrons. The van der Waals surface area contributed by atoms with E-state index in [4.69, 9.17) is 14.7 Å². The number of hydrogen-bond donors (Lipinski definition) is 4. The molecule has 44 heavy (non-hydrogen) atoms. The van der Waals surface area contributed by atoms with Crippen molar-refractivity contribution in [1.29, 1.82) is 0 Å². The highest BCUT2D eigenvalue weighted by Gasteiger charge is 2.50. The summed E-state index contributed by atoms with van der Waals surface area (Å²) in [6.07, 6.45) is 5.55. The lowest BCUT2D eigenvalue weighted by Crippen LogP contribution is -2.42. The monoisotopic (exact) mass is 607 g/mol. The second-order valence-corrected chi connectivity index (χ2v) is 14.3. The van der Waals surface area contributed by atoms with Crippen LogP contribution in [0.4, 0.5) is 0 Å². The van der Waals surface area contributed by atoms with Gasteiger partial charge in [0.1, 0.15) is 0 Å². The van der Waals surface area contributed by atoms with E-state index in [1.54, 1.807) is 5.48 Å². The predicted octanol–water partition coefficient (Wildman–Crippen LogP) is 5.31. The van der Waals surface area contributed by atoms with Crippen LogP contribution in [0.2, 0.25) is 0 Å². The van der Waals surface area contributed by atoms with E-state index in [0.717, 1.165) is 41.8 Å². The number of likely N-dealkylation sites (tertiary alicyclic amines) is 1. The van der Waals surface area contributed by atoms with E-state index in [2.05, 4.69) is 43.1 Å². The molecule has 2 saturated heterocycles. The molecule has 0 aromatic heterocycles. The summed E-state index contributed by atoms with van der Waals surface area (Å²) in [5, 5.41) is 21.0. The Bertz CT molecular complexity index is 1270. The van der Waals surface area contributed by atoms with Crippen LogP contribution in [0.3, 0.4) is 0 Å². The predicted molar refractivity (Wildman–Crippen MR) is 166 cm³/mol. The van der Waals surface area contributed by atoms with Gasteiger partial charge in [0.05, 0.1) is 18.8 Å². The highest BCUT2D eigenvalue weighted by Crippen LogP contribution is 2.53. The van der Waals surface area contributed by atoms with E-state index >= 15 is 0 Å². The molecule has 5 rings (SSSR count). The van der Waals surface area contributed by atoms with Crippen LogP contribution in [-0.4, -0.2) is 52.3 Å². The Kier molecular flexibility index (Phi) is 10.4. The number of nitrogens with zero attached hydrogens (tertiary/aromatic N) is 1. The standard InChI is InChI=1S/C35H49N3O6/c1-34(2)17-28-18-35(3,22-34)23-38(28)20-29-16-30(26-12-10-25(21-39)11-13-26)44-33(43-29)27-14-8-24(9-15-27)19-36-31(40)6-4-5-7-32(41)37-42/h8-15,28-30,33,39,42H,4-7,16-23H2,1-3H3,(H,36,40)(H,37,41)/t28?,29-,30+,33+,35?/m1/s1. The first-order valence-electron chi connectivity index (χ1n) is 16.1. The molecule has 1 saturated carbocycles. The first-order chi connectivity index (χ1) is 21.0. The van der Waals surface area contributed by atoms with Gasteiger partial charge >= 0.3 is 0 Å². The SMILES string of the molecule is CC1(C)CC2CC(C)(CN2C[C@H]2C[C@@H](c3ccc(CO)cc3)O[C@@H](c3ccc(CNC(=O)CCCCC(=O)NO)cc3)O2)C1. The number of rotatable bonds is 12. The third-order valence-corrected chi connectivity index (χ3v) is 9.50. The summed E-state index contributed by atoms with van der Waals surface area (Å²) < 4.78 is 13.2. The van der Waals surface area contributed by atoms with Gasteiger partial charge in [-0.05, 0) is 59.6 Å². The van der Waals surface area contributed by atoms with Crippen molar-refractivity contribution < 1.29 is 29.4 Å². The molecule has 5 atom stereocenters. The van der Waals surface area contributed by atoms with Gasteiger partial charge in [-0.3, -0.25) is 19.7 Å². The molecular weight excluding hydrogens is 558 g/mol. The first-order valence-corrected chi connectivity index (χ1v) is 16.1. The van der Waals surface area contributed by atoms with Crippen LogP contribution in [0, 0.1) is 10.8 Å². The van der Waals surface area contributed by atoms with Gasteiger partial charge in [0.2, 0.25) is 11.8 Å². The molecule has 2 aromatic carbocycles. The largest absolute Gasteiger partial charge is 0.392 e. The minimum absolute atomic E-state index is 0.0157. The fourth-order valence-electron chi connectivity index (χ4n) is 7.79. The van der Waals surface area contributed by atoms with E-state index in [-0.39, 0.29) is 31.1 Å². The van der Waals surface area contributed by atoms with E-state index in [0.29, 0.717) is 42.7 Å². The molecule has 2 heterocycles.